The maximum atomic E-state index is 12.7. The molecule has 1 aliphatic heterocycles. The number of amides is 2. The minimum Gasteiger partial charge on any atom is -0.386 e. The predicted octanol–water partition coefficient (Wildman–Crippen LogP) is -2.39. The number of thiocarbonyl (C=S) groups is 1. The van der Waals surface area contributed by atoms with Crippen LogP contribution in [0.5, 0.6) is 0 Å². The van der Waals surface area contributed by atoms with Crippen molar-refractivity contribution in [2.45, 2.75) is 69.8 Å². The number of carbonyl (C=O) groups excluding carboxylic acids is 3. The van der Waals surface area contributed by atoms with E-state index in [0.717, 1.165) is 29.0 Å². The molecule has 0 aromatic carbocycles. The van der Waals surface area contributed by atoms with Crippen molar-refractivity contribution < 1.29 is 80.5 Å². The minimum atomic E-state index is -5.58. The van der Waals surface area contributed by atoms with E-state index in [1.54, 1.807) is 0 Å². The van der Waals surface area contributed by atoms with Gasteiger partial charge in [0.25, 0.3) is 0 Å². The van der Waals surface area contributed by atoms with Crippen LogP contribution >= 0.6 is 47.4 Å². The first-order chi connectivity index (χ1) is 27.3. The molecule has 1 saturated heterocycles. The number of aromatic nitrogens is 4. The summed E-state index contributed by atoms with van der Waals surface area (Å²) >= 11 is 5.64. The second-order valence-corrected chi connectivity index (χ2v) is 19.1. The van der Waals surface area contributed by atoms with E-state index in [0.29, 0.717) is 19.4 Å². The average Bonchev–Trinajstić information content (AvgIpc) is 3.69. The van der Waals surface area contributed by atoms with E-state index in [1.165, 1.54) is 13.8 Å². The molecule has 3 heterocycles. The first-order valence-electron chi connectivity index (χ1n) is 17.2. The molecule has 0 aliphatic carbocycles. The van der Waals surface area contributed by atoms with Crippen molar-refractivity contribution in [3.63, 3.8) is 0 Å². The van der Waals surface area contributed by atoms with Crippen molar-refractivity contribution in [1.29, 1.82) is 0 Å². The number of aliphatic hydroxyl groups is 2. The van der Waals surface area contributed by atoms with Crippen LogP contribution < -0.4 is 33.2 Å². The van der Waals surface area contributed by atoms with E-state index in [2.05, 4.69) is 39.7 Å². The van der Waals surface area contributed by atoms with Gasteiger partial charge in [0, 0.05) is 37.2 Å². The quantitative estimate of drug-likeness (QED) is 0.0297. The van der Waals surface area contributed by atoms with E-state index in [-0.39, 0.29) is 52.5 Å². The second kappa shape index (κ2) is 21.8. The Hall–Kier alpha value is -2.79. The third kappa shape index (κ3) is 16.2. The Morgan fingerprint density at radius 2 is 1.73 bits per heavy atom. The van der Waals surface area contributed by atoms with Crippen molar-refractivity contribution in [1.82, 2.24) is 35.5 Å². The Balaban J connectivity index is 1.44. The zero-order chi connectivity index (χ0) is 44.3. The first kappa shape index (κ1) is 50.6. The zero-order valence-electron chi connectivity index (χ0n) is 31.3. The molecule has 8 atom stereocenters. The summed E-state index contributed by atoms with van der Waals surface area (Å²) < 4.78 is 62.1. The molecule has 59 heavy (non-hydrogen) atoms. The lowest BCUT2D eigenvalue weighted by atomic mass is 9.87. The van der Waals surface area contributed by atoms with Gasteiger partial charge >= 0.3 is 23.5 Å². The van der Waals surface area contributed by atoms with Gasteiger partial charge in [-0.1, -0.05) is 25.6 Å². The fraction of sp³-hybridized carbons (Fsp3) is 0.667. The first-order valence-corrected chi connectivity index (χ1v) is 23.1. The van der Waals surface area contributed by atoms with Crippen LogP contribution in [0.4, 0.5) is 5.82 Å². The number of hydrogen-bond donors (Lipinski definition) is 12. The van der Waals surface area contributed by atoms with Gasteiger partial charge in [-0.3, -0.25) is 32.5 Å². The van der Waals surface area contributed by atoms with Crippen LogP contribution in [-0.2, 0) is 50.7 Å². The van der Waals surface area contributed by atoms with Crippen LogP contribution in [0.1, 0.15) is 39.3 Å². The lowest BCUT2D eigenvalue weighted by Crippen LogP contribution is -2.46. The van der Waals surface area contributed by atoms with Crippen LogP contribution in [0.3, 0.4) is 0 Å². The van der Waals surface area contributed by atoms with Crippen LogP contribution in [0.2, 0.25) is 0 Å². The van der Waals surface area contributed by atoms with Gasteiger partial charge in [-0.2, -0.15) is 4.31 Å². The van der Waals surface area contributed by atoms with Gasteiger partial charge in [-0.05, 0) is 25.1 Å². The molecule has 2 aromatic rings. The number of fused-ring (bicyclic) bond motifs is 1. The maximum absolute atomic E-state index is 12.7. The SMILES string of the molecule is CC(C)(COP(=O)(O)OP(=O)(O)OCC1OC(n2cnc3c(N)ncnc32)C(O)C1OP(=O)(O)O)C(O)C(=O)NCCC(=O)NCCSC(=O)C(N)CCCNC(N)=S. The van der Waals surface area contributed by atoms with Gasteiger partial charge in [-0.25, -0.2) is 28.6 Å². The fourth-order valence-electron chi connectivity index (χ4n) is 5.04. The molecule has 0 spiro atoms. The number of hydrogen-bond acceptors (Lipinski definition) is 20. The monoisotopic (exact) mass is 940 g/mol. The molecular weight excluding hydrogens is 893 g/mol. The number of nitrogen functional groups attached to an aromatic ring is 1. The largest absolute Gasteiger partial charge is 0.481 e. The standard InChI is InChI=1S/C27H47N10O17P3S2/c1-27(2,20(40)23(41)32-7-5-16(38)31-8-9-59-25(42)14(28)4-3-6-33-26(30)58)11-51-57(48,49)54-56(46,47)50-10-15-19(53-55(43,44)45)18(39)24(52-15)37-13-36-17-21(29)34-12-35-22(17)37/h12-15,18-20,24,39-40H,3-11,28H2,1-2H3,(H,31,38)(H,32,41)(H,46,47)(H,48,49)(H2,29,34,35)(H3,30,33,58)(H2,43,44,45). The number of nitrogens with zero attached hydrogens (tertiary/aromatic N) is 4. The predicted molar refractivity (Wildman–Crippen MR) is 209 cm³/mol. The number of imidazole rings is 1. The molecule has 0 radical (unpaired) electrons. The summed E-state index contributed by atoms with van der Waals surface area (Å²) in [5, 5.41) is 29.0. The third-order valence-corrected chi connectivity index (χ3v) is 12.3. The highest BCUT2D eigenvalue weighted by Crippen LogP contribution is 2.61. The van der Waals surface area contributed by atoms with Gasteiger partial charge in [0.15, 0.2) is 22.8 Å². The Morgan fingerprint density at radius 3 is 2.39 bits per heavy atom. The van der Waals surface area contributed by atoms with Crippen LogP contribution in [-0.4, -0.2) is 140 Å². The van der Waals surface area contributed by atoms with Crippen molar-refractivity contribution >= 4 is 86.5 Å². The Kier molecular flexibility index (Phi) is 18.7. The minimum absolute atomic E-state index is 0.0238. The van der Waals surface area contributed by atoms with Crippen LogP contribution in [0, 0.1) is 5.41 Å². The topological polar surface area (TPSA) is 428 Å². The molecule has 32 heteroatoms. The molecule has 2 amide bonds. The average molecular weight is 941 g/mol. The molecule has 27 nitrogen and oxygen atoms in total. The lowest BCUT2D eigenvalue weighted by Gasteiger charge is -2.30. The van der Waals surface area contributed by atoms with Gasteiger partial charge in [0.05, 0.1) is 25.6 Å². The van der Waals surface area contributed by atoms with E-state index in [4.69, 9.17) is 43.2 Å². The van der Waals surface area contributed by atoms with Crippen molar-refractivity contribution in [3.8, 4) is 0 Å². The number of nitrogens with two attached hydrogens (primary N) is 3. The molecule has 1 fully saturated rings. The molecule has 3 rings (SSSR count). The summed E-state index contributed by atoms with van der Waals surface area (Å²) in [6.07, 6.45) is -6.04. The number of aliphatic hydroxyl groups excluding tert-OH is 2. The highest BCUT2D eigenvalue weighted by atomic mass is 32.2. The summed E-state index contributed by atoms with van der Waals surface area (Å²) in [7, 11) is -16.4. The van der Waals surface area contributed by atoms with E-state index in [9.17, 15) is 57.9 Å². The molecule has 8 unspecified atom stereocenters. The molecule has 1 aliphatic rings. The Bertz CT molecular complexity index is 1940. The number of anilines is 1. The van der Waals surface area contributed by atoms with Crippen LogP contribution in [0.15, 0.2) is 12.7 Å². The fourth-order valence-corrected chi connectivity index (χ4v) is 8.71. The van der Waals surface area contributed by atoms with Gasteiger partial charge < -0.3 is 67.7 Å². The number of carbonyl (C=O) groups is 3. The van der Waals surface area contributed by atoms with Gasteiger partial charge in [-0.15, -0.1) is 0 Å². The summed E-state index contributed by atoms with van der Waals surface area (Å²) in [6.45, 7) is 0.799. The Morgan fingerprint density at radius 1 is 1.05 bits per heavy atom. The molecule has 0 saturated carbocycles. The van der Waals surface area contributed by atoms with E-state index in [1.807, 2.05) is 0 Å². The van der Waals surface area contributed by atoms with Crippen molar-refractivity contribution in [2.24, 2.45) is 16.9 Å². The normalized spacial score (nSPS) is 21.6. The molecular formula is C27H47N10O17P3S2. The summed E-state index contributed by atoms with van der Waals surface area (Å²) in [4.78, 5) is 87.9. The number of phosphoric acid groups is 3. The summed E-state index contributed by atoms with van der Waals surface area (Å²) in [6, 6.07) is -0.708. The highest BCUT2D eigenvalue weighted by molar-refractivity contribution is 8.13. The number of nitrogens with one attached hydrogen (secondary N) is 3. The van der Waals surface area contributed by atoms with Crippen molar-refractivity contribution in [3.05, 3.63) is 12.7 Å². The Labute approximate surface area is 345 Å². The summed E-state index contributed by atoms with van der Waals surface area (Å²) in [5.74, 6) is -1.29. The molecule has 0 bridgehead atoms. The number of ether oxygens (including phenoxy) is 1. The number of rotatable bonds is 24. The third-order valence-electron chi connectivity index (χ3n) is 8.04. The molecule has 334 valence electrons. The molecule has 2 aromatic heterocycles. The van der Waals surface area contributed by atoms with Gasteiger partial charge in [0.2, 0.25) is 16.9 Å². The van der Waals surface area contributed by atoms with Crippen molar-refractivity contribution in [2.75, 3.05) is 44.3 Å². The van der Waals surface area contributed by atoms with Gasteiger partial charge in [0.1, 0.15) is 36.3 Å². The smallest absolute Gasteiger partial charge is 0.386 e. The summed E-state index contributed by atoms with van der Waals surface area (Å²) in [5.41, 5.74) is 15.4. The number of phosphoric ester groups is 3. The maximum Gasteiger partial charge on any atom is 0.481 e. The zero-order valence-corrected chi connectivity index (χ0v) is 35.7. The highest BCUT2D eigenvalue weighted by Gasteiger charge is 2.50. The number of thioether (sulfide) groups is 1. The van der Waals surface area contributed by atoms with E-state index >= 15 is 0 Å². The van der Waals surface area contributed by atoms with Crippen LogP contribution in [0.25, 0.3) is 11.2 Å². The lowest BCUT2D eigenvalue weighted by molar-refractivity contribution is -0.137. The van der Waals surface area contributed by atoms with E-state index < -0.39 is 90.6 Å². The second-order valence-electron chi connectivity index (χ2n) is 13.3. The molecule has 15 N–H and O–H groups in total.